The van der Waals surface area contributed by atoms with Crippen LogP contribution < -0.4 is 0 Å². The summed E-state index contributed by atoms with van der Waals surface area (Å²) < 4.78 is 0. The Kier molecular flexibility index (Phi) is 4.32. The van der Waals surface area contributed by atoms with Crippen molar-refractivity contribution in [1.82, 2.24) is 4.98 Å². The van der Waals surface area contributed by atoms with Crippen LogP contribution in [0.15, 0.2) is 18.2 Å². The van der Waals surface area contributed by atoms with Crippen molar-refractivity contribution in [2.45, 2.75) is 13.3 Å². The summed E-state index contributed by atoms with van der Waals surface area (Å²) in [5.74, 6) is -0.778. The van der Waals surface area contributed by atoms with E-state index in [-0.39, 0.29) is 42.5 Å². The van der Waals surface area contributed by atoms with Crippen molar-refractivity contribution in [2.24, 2.45) is 0 Å². The summed E-state index contributed by atoms with van der Waals surface area (Å²) in [5.41, 5.74) is 1.32. The number of carbonyl (C=O) groups excluding carboxylic acids is 1. The lowest BCUT2D eigenvalue weighted by Gasteiger charge is -2.09. The molecule has 3 nitrogen and oxygen atoms in total. The van der Waals surface area contributed by atoms with Crippen molar-refractivity contribution in [3.05, 3.63) is 60.8 Å². The molecule has 1 heterocycles. The third kappa shape index (κ3) is 2.43. The fourth-order valence-electron chi connectivity index (χ4n) is 2.48. The number of rotatable bonds is 2. The number of ketones is 1. The van der Waals surface area contributed by atoms with Crippen LogP contribution in [0.4, 0.5) is 0 Å². The molecule has 0 fully saturated rings. The third-order valence-corrected chi connectivity index (χ3v) is 5.42. The second-order valence-corrected chi connectivity index (χ2v) is 6.44. The largest absolute Gasteiger partial charge is 0.506 e. The van der Waals surface area contributed by atoms with Crippen molar-refractivity contribution in [3.63, 3.8) is 0 Å². The first kappa shape index (κ1) is 16.6. The molecular formula is C16H9Cl4NO2. The quantitative estimate of drug-likeness (QED) is 0.516. The molecule has 3 rings (SSSR count). The number of aromatic nitrogens is 1. The Bertz CT molecular complexity index is 890. The van der Waals surface area contributed by atoms with E-state index >= 15 is 0 Å². The zero-order valence-corrected chi connectivity index (χ0v) is 14.8. The number of aryl methyl sites for hydroxylation is 1. The summed E-state index contributed by atoms with van der Waals surface area (Å²) in [7, 11) is 0. The van der Waals surface area contributed by atoms with E-state index < -0.39 is 5.78 Å². The minimum atomic E-state index is -0.483. The lowest BCUT2D eigenvalue weighted by atomic mass is 10.1. The molecule has 118 valence electrons. The molecule has 0 aliphatic heterocycles. The molecule has 23 heavy (non-hydrogen) atoms. The first-order chi connectivity index (χ1) is 10.9. The van der Waals surface area contributed by atoms with Crippen LogP contribution in [0.5, 0.6) is 0 Å². The standard InChI is InChI=1S/C16H9Cl4NO2/c1-2-6-4-3-5-7(21-6)8-15(22)9-10(16(8)23)12(18)14(20)13(19)11(9)17/h3-5,22H,2H2,1H3. The number of nitrogens with zero attached hydrogens (tertiary/aromatic N) is 1. The lowest BCUT2D eigenvalue weighted by Crippen LogP contribution is -2.03. The first-order valence-electron chi connectivity index (χ1n) is 6.69. The molecule has 1 aliphatic carbocycles. The minimum absolute atomic E-state index is 0.00653. The SMILES string of the molecule is CCc1cccc(C2=C(O)c3c(Cl)c(Cl)c(Cl)c(Cl)c3C2=O)n1. The number of Topliss-reactive ketones (excluding diaryl/α,β-unsaturated/α-hetero) is 1. The van der Waals surface area contributed by atoms with Crippen LogP contribution in [0.2, 0.25) is 20.1 Å². The average Bonchev–Trinajstić information content (AvgIpc) is 2.82. The van der Waals surface area contributed by atoms with E-state index in [2.05, 4.69) is 4.98 Å². The summed E-state index contributed by atoms with van der Waals surface area (Å²) in [6.07, 6.45) is 0.697. The van der Waals surface area contributed by atoms with E-state index in [1.54, 1.807) is 12.1 Å². The minimum Gasteiger partial charge on any atom is -0.506 e. The Morgan fingerprint density at radius 1 is 1.00 bits per heavy atom. The maximum absolute atomic E-state index is 12.7. The van der Waals surface area contributed by atoms with E-state index in [0.717, 1.165) is 5.69 Å². The number of carbonyl (C=O) groups is 1. The van der Waals surface area contributed by atoms with Crippen molar-refractivity contribution < 1.29 is 9.90 Å². The van der Waals surface area contributed by atoms with Gasteiger partial charge in [0.15, 0.2) is 0 Å². The molecular weight excluding hydrogens is 380 g/mol. The number of allylic oxidation sites excluding steroid dienone is 1. The van der Waals surface area contributed by atoms with E-state index in [4.69, 9.17) is 46.4 Å². The highest BCUT2D eigenvalue weighted by Gasteiger charge is 2.37. The van der Waals surface area contributed by atoms with Crippen LogP contribution in [-0.4, -0.2) is 15.9 Å². The van der Waals surface area contributed by atoms with Crippen LogP contribution in [-0.2, 0) is 6.42 Å². The number of hydrogen-bond acceptors (Lipinski definition) is 3. The Morgan fingerprint density at radius 3 is 2.22 bits per heavy atom. The predicted octanol–water partition coefficient (Wildman–Crippen LogP) is 5.88. The predicted molar refractivity (Wildman–Crippen MR) is 93.9 cm³/mol. The Balaban J connectivity index is 2.29. The van der Waals surface area contributed by atoms with Gasteiger partial charge < -0.3 is 5.11 Å². The Hall–Kier alpha value is -1.26. The molecule has 1 aromatic carbocycles. The second kappa shape index (κ2) is 5.99. The zero-order valence-electron chi connectivity index (χ0n) is 11.8. The van der Waals surface area contributed by atoms with Gasteiger partial charge in [-0.2, -0.15) is 0 Å². The number of fused-ring (bicyclic) bond motifs is 1. The molecule has 0 radical (unpaired) electrons. The molecule has 0 spiro atoms. The summed E-state index contributed by atoms with van der Waals surface area (Å²) in [4.78, 5) is 17.1. The van der Waals surface area contributed by atoms with Gasteiger partial charge in [-0.3, -0.25) is 9.78 Å². The van der Waals surface area contributed by atoms with Crippen LogP contribution in [0, 0.1) is 0 Å². The van der Waals surface area contributed by atoms with Crippen molar-refractivity contribution in [1.29, 1.82) is 0 Å². The van der Waals surface area contributed by atoms with Crippen molar-refractivity contribution in [2.75, 3.05) is 0 Å². The third-order valence-electron chi connectivity index (χ3n) is 3.62. The van der Waals surface area contributed by atoms with Crippen molar-refractivity contribution in [3.8, 4) is 0 Å². The van der Waals surface area contributed by atoms with Gasteiger partial charge in [-0.1, -0.05) is 59.4 Å². The topological polar surface area (TPSA) is 50.2 Å². The van der Waals surface area contributed by atoms with Crippen LogP contribution in [0.1, 0.15) is 34.2 Å². The summed E-state index contributed by atoms with van der Waals surface area (Å²) in [6, 6.07) is 5.24. The highest BCUT2D eigenvalue weighted by molar-refractivity contribution is 6.56. The fourth-order valence-corrected chi connectivity index (χ4v) is 3.51. The smallest absolute Gasteiger partial charge is 0.201 e. The molecule has 1 N–H and O–H groups in total. The monoisotopic (exact) mass is 387 g/mol. The van der Waals surface area contributed by atoms with Gasteiger partial charge in [-0.25, -0.2) is 0 Å². The number of aliphatic hydroxyl groups is 1. The van der Waals surface area contributed by atoms with E-state index in [1.807, 2.05) is 13.0 Å². The summed E-state index contributed by atoms with van der Waals surface area (Å²) >= 11 is 24.3. The maximum Gasteiger partial charge on any atom is 0.201 e. The van der Waals surface area contributed by atoms with Crippen LogP contribution in [0.3, 0.4) is 0 Å². The Morgan fingerprint density at radius 2 is 1.61 bits per heavy atom. The number of benzene rings is 1. The van der Waals surface area contributed by atoms with Gasteiger partial charge in [0.2, 0.25) is 5.78 Å². The summed E-state index contributed by atoms with van der Waals surface area (Å²) in [5, 5.41) is 10.5. The van der Waals surface area contributed by atoms with Gasteiger partial charge in [-0.05, 0) is 18.6 Å². The first-order valence-corrected chi connectivity index (χ1v) is 8.20. The fraction of sp³-hybridized carbons (Fsp3) is 0.125. The van der Waals surface area contributed by atoms with Gasteiger partial charge in [0, 0.05) is 5.69 Å². The number of hydrogen-bond donors (Lipinski definition) is 1. The Labute approximate surface area is 152 Å². The second-order valence-electron chi connectivity index (χ2n) is 4.93. The molecule has 0 unspecified atom stereocenters. The molecule has 7 heteroatoms. The van der Waals surface area contributed by atoms with Gasteiger partial charge >= 0.3 is 0 Å². The van der Waals surface area contributed by atoms with E-state index in [1.165, 1.54) is 0 Å². The number of halogens is 4. The maximum atomic E-state index is 12.7. The normalized spacial score (nSPS) is 13.7. The van der Waals surface area contributed by atoms with Crippen molar-refractivity contribution >= 4 is 63.5 Å². The molecule has 0 atom stereocenters. The number of pyridine rings is 1. The summed E-state index contributed by atoms with van der Waals surface area (Å²) in [6.45, 7) is 1.94. The molecule has 1 aromatic heterocycles. The van der Waals surface area contributed by atoms with Gasteiger partial charge in [0.1, 0.15) is 5.76 Å². The van der Waals surface area contributed by atoms with Crippen LogP contribution >= 0.6 is 46.4 Å². The lowest BCUT2D eigenvalue weighted by molar-refractivity contribution is 0.105. The van der Waals surface area contributed by atoms with Gasteiger partial charge in [-0.15, -0.1) is 0 Å². The van der Waals surface area contributed by atoms with E-state index in [9.17, 15) is 9.90 Å². The molecule has 0 saturated heterocycles. The number of aliphatic hydroxyl groups excluding tert-OH is 1. The molecule has 0 bridgehead atoms. The molecule has 2 aromatic rings. The zero-order chi connectivity index (χ0) is 16.9. The molecule has 0 amide bonds. The highest BCUT2D eigenvalue weighted by atomic mass is 35.5. The average molecular weight is 389 g/mol. The van der Waals surface area contributed by atoms with E-state index in [0.29, 0.717) is 12.1 Å². The van der Waals surface area contributed by atoms with Gasteiger partial charge in [0.25, 0.3) is 0 Å². The van der Waals surface area contributed by atoms with Gasteiger partial charge in [0.05, 0.1) is 42.5 Å². The molecule has 1 aliphatic rings. The van der Waals surface area contributed by atoms with Crippen LogP contribution in [0.25, 0.3) is 11.3 Å². The molecule has 0 saturated carbocycles. The highest BCUT2D eigenvalue weighted by Crippen LogP contribution is 2.49.